The summed E-state index contributed by atoms with van der Waals surface area (Å²) in [7, 11) is -1.78. The van der Waals surface area contributed by atoms with Crippen molar-refractivity contribution in [1.29, 1.82) is 0 Å². The highest BCUT2D eigenvalue weighted by Gasteiger charge is 2.20. The summed E-state index contributed by atoms with van der Waals surface area (Å²) in [6, 6.07) is 0. The summed E-state index contributed by atoms with van der Waals surface area (Å²) < 4.78 is 33.1. The molecule has 0 saturated carbocycles. The standard InChI is InChI=1S/C11H22N4O3S/c1-4-12-7-10(2)19(16,17)14-11-8-13-15(9-11)5-6-18-3/h8-10,12,14H,4-7H2,1-3H3. The molecule has 0 bridgehead atoms. The Labute approximate surface area is 114 Å². The molecule has 1 aromatic rings. The molecule has 2 N–H and O–H groups in total. The number of anilines is 1. The molecule has 1 unspecified atom stereocenters. The van der Waals surface area contributed by atoms with E-state index >= 15 is 0 Å². The molecule has 0 fully saturated rings. The Bertz CT molecular complexity index is 472. The fourth-order valence-electron chi connectivity index (χ4n) is 1.45. The van der Waals surface area contributed by atoms with E-state index in [-0.39, 0.29) is 0 Å². The van der Waals surface area contributed by atoms with Gasteiger partial charge in [0, 0.05) is 19.9 Å². The molecule has 19 heavy (non-hydrogen) atoms. The van der Waals surface area contributed by atoms with E-state index in [1.165, 1.54) is 6.20 Å². The second-order valence-corrected chi connectivity index (χ2v) is 6.35. The monoisotopic (exact) mass is 290 g/mol. The minimum atomic E-state index is -3.39. The van der Waals surface area contributed by atoms with Gasteiger partial charge in [-0.2, -0.15) is 5.10 Å². The molecule has 0 aliphatic heterocycles. The molecule has 110 valence electrons. The summed E-state index contributed by atoms with van der Waals surface area (Å²) in [5.41, 5.74) is 0.472. The largest absolute Gasteiger partial charge is 0.383 e. The van der Waals surface area contributed by atoms with Crippen LogP contribution in [0.5, 0.6) is 0 Å². The zero-order valence-corrected chi connectivity index (χ0v) is 12.4. The van der Waals surface area contributed by atoms with E-state index in [9.17, 15) is 8.42 Å². The van der Waals surface area contributed by atoms with Crippen LogP contribution < -0.4 is 10.0 Å². The number of hydrogen-bond acceptors (Lipinski definition) is 5. The predicted octanol–water partition coefficient (Wildman–Crippen LogP) is 0.269. The molecule has 7 nitrogen and oxygen atoms in total. The third-order valence-corrected chi connectivity index (χ3v) is 4.38. The molecule has 0 aliphatic carbocycles. The SMILES string of the molecule is CCNCC(C)S(=O)(=O)Nc1cnn(CCOC)c1. The summed E-state index contributed by atoms with van der Waals surface area (Å²) in [6.45, 7) is 5.89. The van der Waals surface area contributed by atoms with Crippen LogP contribution in [-0.2, 0) is 21.3 Å². The van der Waals surface area contributed by atoms with Crippen LogP contribution in [-0.4, -0.2) is 50.3 Å². The molecule has 1 heterocycles. The highest BCUT2D eigenvalue weighted by molar-refractivity contribution is 7.93. The van der Waals surface area contributed by atoms with Gasteiger partial charge in [-0.15, -0.1) is 0 Å². The Balaban J connectivity index is 2.59. The number of nitrogens with one attached hydrogen (secondary N) is 2. The maximum atomic E-state index is 12.0. The molecule has 8 heteroatoms. The summed E-state index contributed by atoms with van der Waals surface area (Å²) in [5, 5.41) is 6.57. The molecule has 1 atom stereocenters. The molecule has 1 aromatic heterocycles. The lowest BCUT2D eigenvalue weighted by Gasteiger charge is -2.13. The first-order valence-electron chi connectivity index (χ1n) is 6.23. The Morgan fingerprint density at radius 1 is 1.53 bits per heavy atom. The zero-order chi connectivity index (χ0) is 14.3. The maximum absolute atomic E-state index is 12.0. The van der Waals surface area contributed by atoms with Crippen molar-refractivity contribution >= 4 is 15.7 Å². The van der Waals surface area contributed by atoms with E-state index in [0.29, 0.717) is 25.4 Å². The average Bonchev–Trinajstić information content (AvgIpc) is 2.80. The molecule has 1 rings (SSSR count). The Morgan fingerprint density at radius 2 is 2.26 bits per heavy atom. The number of rotatable bonds is 9. The molecule has 0 spiro atoms. The first-order chi connectivity index (χ1) is 8.99. The number of sulfonamides is 1. The Kier molecular flexibility index (Phi) is 6.26. The van der Waals surface area contributed by atoms with Gasteiger partial charge in [0.05, 0.1) is 30.3 Å². The van der Waals surface area contributed by atoms with E-state index in [2.05, 4.69) is 15.1 Å². The van der Waals surface area contributed by atoms with Crippen LogP contribution in [0.3, 0.4) is 0 Å². The smallest absolute Gasteiger partial charge is 0.236 e. The normalized spacial score (nSPS) is 13.4. The molecule has 0 saturated heterocycles. The van der Waals surface area contributed by atoms with Crippen LogP contribution in [0.15, 0.2) is 12.4 Å². The van der Waals surface area contributed by atoms with Gasteiger partial charge in [-0.05, 0) is 13.5 Å². The lowest BCUT2D eigenvalue weighted by atomic mass is 10.5. The van der Waals surface area contributed by atoms with Gasteiger partial charge in [-0.1, -0.05) is 6.92 Å². The fraction of sp³-hybridized carbons (Fsp3) is 0.727. The summed E-state index contributed by atoms with van der Waals surface area (Å²) in [5.74, 6) is 0. The maximum Gasteiger partial charge on any atom is 0.236 e. The molecule has 0 aromatic carbocycles. The molecule has 0 aliphatic rings. The van der Waals surface area contributed by atoms with Crippen LogP contribution >= 0.6 is 0 Å². The van der Waals surface area contributed by atoms with Crippen LogP contribution in [0.25, 0.3) is 0 Å². The van der Waals surface area contributed by atoms with E-state index in [1.807, 2.05) is 6.92 Å². The van der Waals surface area contributed by atoms with Crippen LogP contribution in [0, 0.1) is 0 Å². The summed E-state index contributed by atoms with van der Waals surface area (Å²) in [6.07, 6.45) is 3.14. The van der Waals surface area contributed by atoms with Crippen LogP contribution in [0.1, 0.15) is 13.8 Å². The van der Waals surface area contributed by atoms with Gasteiger partial charge in [-0.3, -0.25) is 9.40 Å². The van der Waals surface area contributed by atoms with Gasteiger partial charge < -0.3 is 10.1 Å². The molecule has 0 radical (unpaired) electrons. The highest BCUT2D eigenvalue weighted by Crippen LogP contribution is 2.10. The van der Waals surface area contributed by atoms with E-state index in [1.54, 1.807) is 24.9 Å². The number of nitrogens with zero attached hydrogens (tertiary/aromatic N) is 2. The topological polar surface area (TPSA) is 85.3 Å². The van der Waals surface area contributed by atoms with Gasteiger partial charge in [0.15, 0.2) is 0 Å². The first kappa shape index (κ1) is 15.9. The van der Waals surface area contributed by atoms with Crippen molar-refractivity contribution in [2.75, 3.05) is 31.5 Å². The molecular formula is C11H22N4O3S. The molecular weight excluding hydrogens is 268 g/mol. The van der Waals surface area contributed by atoms with Gasteiger partial charge in [-0.25, -0.2) is 8.42 Å². The second-order valence-electron chi connectivity index (χ2n) is 4.25. The van der Waals surface area contributed by atoms with Crippen LogP contribution in [0.4, 0.5) is 5.69 Å². The van der Waals surface area contributed by atoms with Gasteiger partial charge in [0.1, 0.15) is 0 Å². The number of aromatic nitrogens is 2. The summed E-state index contributed by atoms with van der Waals surface area (Å²) in [4.78, 5) is 0. The van der Waals surface area contributed by atoms with Crippen LogP contribution in [0.2, 0.25) is 0 Å². The van der Waals surface area contributed by atoms with Crippen molar-refractivity contribution in [2.45, 2.75) is 25.6 Å². The third kappa shape index (κ3) is 5.17. The minimum Gasteiger partial charge on any atom is -0.383 e. The summed E-state index contributed by atoms with van der Waals surface area (Å²) >= 11 is 0. The average molecular weight is 290 g/mol. The first-order valence-corrected chi connectivity index (χ1v) is 7.78. The third-order valence-electron chi connectivity index (χ3n) is 2.63. The van der Waals surface area contributed by atoms with Crippen molar-refractivity contribution in [2.24, 2.45) is 0 Å². The van der Waals surface area contributed by atoms with Crippen molar-refractivity contribution in [3.8, 4) is 0 Å². The lowest BCUT2D eigenvalue weighted by Crippen LogP contribution is -2.34. The lowest BCUT2D eigenvalue weighted by molar-refractivity contribution is 0.183. The van der Waals surface area contributed by atoms with E-state index in [4.69, 9.17) is 4.74 Å². The Hall–Kier alpha value is -1.12. The number of hydrogen-bond donors (Lipinski definition) is 2. The fourth-order valence-corrected chi connectivity index (χ4v) is 2.42. The predicted molar refractivity (Wildman–Crippen MR) is 74.7 cm³/mol. The number of methoxy groups -OCH3 is 1. The van der Waals surface area contributed by atoms with E-state index < -0.39 is 15.3 Å². The minimum absolute atomic E-state index is 0.420. The number of ether oxygens (including phenoxy) is 1. The molecule has 0 amide bonds. The van der Waals surface area contributed by atoms with Gasteiger partial charge >= 0.3 is 0 Å². The Morgan fingerprint density at radius 3 is 2.89 bits per heavy atom. The van der Waals surface area contributed by atoms with Crippen molar-refractivity contribution in [3.05, 3.63) is 12.4 Å². The second kappa shape index (κ2) is 7.46. The van der Waals surface area contributed by atoms with E-state index in [0.717, 1.165) is 6.54 Å². The van der Waals surface area contributed by atoms with Crippen molar-refractivity contribution in [1.82, 2.24) is 15.1 Å². The van der Waals surface area contributed by atoms with Crippen molar-refractivity contribution < 1.29 is 13.2 Å². The quantitative estimate of drug-likeness (QED) is 0.682. The highest BCUT2D eigenvalue weighted by atomic mass is 32.2. The van der Waals surface area contributed by atoms with Gasteiger partial charge in [0.25, 0.3) is 0 Å². The zero-order valence-electron chi connectivity index (χ0n) is 11.6. The van der Waals surface area contributed by atoms with Crippen molar-refractivity contribution in [3.63, 3.8) is 0 Å². The van der Waals surface area contributed by atoms with Gasteiger partial charge in [0.2, 0.25) is 10.0 Å².